The molecule has 0 aromatic heterocycles. The van der Waals surface area contributed by atoms with Gasteiger partial charge >= 0.3 is 5.97 Å². The second-order valence-electron chi connectivity index (χ2n) is 3.83. The first kappa shape index (κ1) is 11.5. The van der Waals surface area contributed by atoms with Crippen LogP contribution in [-0.2, 0) is 14.3 Å². The zero-order valence-corrected chi connectivity index (χ0v) is 9.55. The van der Waals surface area contributed by atoms with E-state index in [9.17, 15) is 9.59 Å². The van der Waals surface area contributed by atoms with Crippen LogP contribution in [0.2, 0.25) is 0 Å². The molecule has 0 saturated heterocycles. The summed E-state index contributed by atoms with van der Waals surface area (Å²) in [6, 6.07) is 0. The van der Waals surface area contributed by atoms with Gasteiger partial charge in [0.05, 0.1) is 23.8 Å². The Morgan fingerprint density at radius 3 is 3.06 bits per heavy atom. The van der Waals surface area contributed by atoms with E-state index in [1.54, 1.807) is 12.2 Å². The molecule has 0 fully saturated rings. The van der Waals surface area contributed by atoms with Crippen molar-refractivity contribution < 1.29 is 14.3 Å². The van der Waals surface area contributed by atoms with E-state index in [1.807, 2.05) is 19.1 Å². The molecule has 4 heteroatoms. The highest BCUT2D eigenvalue weighted by Gasteiger charge is 2.29. The Balaban J connectivity index is 2.22. The number of aliphatic imine (C=N–C) groups is 1. The molecule has 1 aliphatic carbocycles. The molecule has 17 heavy (non-hydrogen) atoms. The molecule has 0 N–H and O–H groups in total. The largest absolute Gasteiger partial charge is 0.462 e. The Morgan fingerprint density at radius 2 is 2.29 bits per heavy atom. The lowest BCUT2D eigenvalue weighted by Gasteiger charge is -2.20. The van der Waals surface area contributed by atoms with Gasteiger partial charge in [0.15, 0.2) is 0 Å². The average Bonchev–Trinajstić information content (AvgIpc) is 2.34. The van der Waals surface area contributed by atoms with Crippen molar-refractivity contribution in [3.63, 3.8) is 0 Å². The number of carbonyl (C=O) groups is 2. The highest BCUT2D eigenvalue weighted by Crippen LogP contribution is 2.24. The molecule has 0 bridgehead atoms. The highest BCUT2D eigenvalue weighted by atomic mass is 16.5. The summed E-state index contributed by atoms with van der Waals surface area (Å²) in [4.78, 5) is 27.1. The maximum Gasteiger partial charge on any atom is 0.335 e. The number of allylic oxidation sites excluding steroid dienone is 4. The van der Waals surface area contributed by atoms with Gasteiger partial charge in [-0.25, -0.2) is 9.79 Å². The second kappa shape index (κ2) is 4.91. The van der Waals surface area contributed by atoms with Crippen LogP contribution < -0.4 is 0 Å². The van der Waals surface area contributed by atoms with Crippen molar-refractivity contribution in [1.82, 2.24) is 0 Å². The highest BCUT2D eigenvalue weighted by molar-refractivity contribution is 6.17. The molecule has 0 radical (unpaired) electrons. The van der Waals surface area contributed by atoms with Crippen LogP contribution in [0.3, 0.4) is 0 Å². The van der Waals surface area contributed by atoms with E-state index < -0.39 is 11.9 Å². The van der Waals surface area contributed by atoms with Crippen molar-refractivity contribution in [1.29, 1.82) is 0 Å². The van der Waals surface area contributed by atoms with Gasteiger partial charge in [0, 0.05) is 6.08 Å². The number of dihydropyridines is 1. The van der Waals surface area contributed by atoms with E-state index in [4.69, 9.17) is 4.74 Å². The third kappa shape index (κ3) is 2.41. The third-order valence-corrected chi connectivity index (χ3v) is 2.53. The molecular formula is C13H13NO3. The van der Waals surface area contributed by atoms with Crippen LogP contribution in [-0.4, -0.2) is 24.2 Å². The first-order valence-corrected chi connectivity index (χ1v) is 5.58. The van der Waals surface area contributed by atoms with Crippen molar-refractivity contribution in [2.45, 2.75) is 13.3 Å². The summed E-state index contributed by atoms with van der Waals surface area (Å²) in [5.41, 5.74) is 0.970. The van der Waals surface area contributed by atoms with Crippen LogP contribution in [0, 0.1) is 5.92 Å². The van der Waals surface area contributed by atoms with E-state index in [-0.39, 0.29) is 5.92 Å². The van der Waals surface area contributed by atoms with Gasteiger partial charge in [0.2, 0.25) is 0 Å². The van der Waals surface area contributed by atoms with E-state index in [2.05, 4.69) is 4.99 Å². The number of esters is 1. The molecule has 2 rings (SSSR count). The van der Waals surface area contributed by atoms with Gasteiger partial charge in [-0.1, -0.05) is 25.2 Å². The third-order valence-electron chi connectivity index (χ3n) is 2.53. The quantitative estimate of drug-likeness (QED) is 0.693. The van der Waals surface area contributed by atoms with Crippen LogP contribution in [0.15, 0.2) is 40.9 Å². The maximum atomic E-state index is 11.8. The molecule has 1 unspecified atom stereocenters. The summed E-state index contributed by atoms with van der Waals surface area (Å²) >= 11 is 0. The van der Waals surface area contributed by atoms with Gasteiger partial charge in [-0.3, -0.25) is 4.79 Å². The lowest BCUT2D eigenvalue weighted by Crippen LogP contribution is -2.26. The number of hydrogen-bond donors (Lipinski definition) is 0. The predicted molar refractivity (Wildman–Crippen MR) is 63.5 cm³/mol. The van der Waals surface area contributed by atoms with Gasteiger partial charge in [-0.2, -0.15) is 0 Å². The lowest BCUT2D eigenvalue weighted by atomic mass is 9.88. The van der Waals surface area contributed by atoms with Crippen molar-refractivity contribution in [2.24, 2.45) is 10.9 Å². The molecular weight excluding hydrogens is 218 g/mol. The fraction of sp³-hybridized carbons (Fsp3) is 0.308. The zero-order chi connectivity index (χ0) is 12.3. The second-order valence-corrected chi connectivity index (χ2v) is 3.83. The molecule has 1 amide bonds. The summed E-state index contributed by atoms with van der Waals surface area (Å²) in [5, 5.41) is 0. The van der Waals surface area contributed by atoms with Crippen LogP contribution in [0.1, 0.15) is 13.3 Å². The predicted octanol–water partition coefficient (Wildman–Crippen LogP) is 1.59. The number of rotatable bonds is 3. The minimum atomic E-state index is -0.433. The molecule has 4 nitrogen and oxygen atoms in total. The number of nitrogens with zero attached hydrogens (tertiary/aromatic N) is 1. The monoisotopic (exact) mass is 231 g/mol. The Kier molecular flexibility index (Phi) is 3.32. The smallest absolute Gasteiger partial charge is 0.335 e. The van der Waals surface area contributed by atoms with Crippen LogP contribution in [0.4, 0.5) is 0 Å². The number of ether oxygens (including phenoxy) is 1. The molecule has 2 aliphatic rings. The maximum absolute atomic E-state index is 11.8. The van der Waals surface area contributed by atoms with Crippen molar-refractivity contribution >= 4 is 17.6 Å². The van der Waals surface area contributed by atoms with E-state index in [1.165, 1.54) is 6.08 Å². The number of amides is 1. The normalized spacial score (nSPS) is 21.7. The Hall–Kier alpha value is -1.97. The number of fused-ring (bicyclic) bond motifs is 1. The molecule has 0 aromatic rings. The lowest BCUT2D eigenvalue weighted by molar-refractivity contribution is -0.139. The molecule has 0 saturated carbocycles. The minimum Gasteiger partial charge on any atom is -0.462 e. The summed E-state index contributed by atoms with van der Waals surface area (Å²) in [5.74, 6) is -1.08. The minimum absolute atomic E-state index is 0.248. The van der Waals surface area contributed by atoms with Crippen LogP contribution >= 0.6 is 0 Å². The molecule has 1 heterocycles. The number of carbonyl (C=O) groups excluding carboxylic acids is 2. The van der Waals surface area contributed by atoms with Crippen molar-refractivity contribution in [2.75, 3.05) is 6.61 Å². The first-order valence-electron chi connectivity index (χ1n) is 5.58. The van der Waals surface area contributed by atoms with Gasteiger partial charge < -0.3 is 4.74 Å². The molecule has 0 aromatic carbocycles. The van der Waals surface area contributed by atoms with Gasteiger partial charge in [0.1, 0.15) is 0 Å². The van der Waals surface area contributed by atoms with Gasteiger partial charge in [-0.05, 0) is 12.5 Å². The van der Waals surface area contributed by atoms with Crippen molar-refractivity contribution in [3.8, 4) is 0 Å². The molecule has 1 aliphatic heterocycles. The van der Waals surface area contributed by atoms with E-state index >= 15 is 0 Å². The fourth-order valence-corrected chi connectivity index (χ4v) is 1.75. The fourth-order valence-electron chi connectivity index (χ4n) is 1.75. The Bertz CT molecular complexity index is 469. The van der Waals surface area contributed by atoms with Gasteiger partial charge in [0.25, 0.3) is 5.91 Å². The van der Waals surface area contributed by atoms with E-state index in [0.29, 0.717) is 17.9 Å². The van der Waals surface area contributed by atoms with Crippen LogP contribution in [0.5, 0.6) is 0 Å². The van der Waals surface area contributed by atoms with E-state index in [0.717, 1.165) is 6.42 Å². The summed E-state index contributed by atoms with van der Waals surface area (Å²) in [7, 11) is 0. The Morgan fingerprint density at radius 1 is 1.47 bits per heavy atom. The Labute approximate surface area is 99.4 Å². The summed E-state index contributed by atoms with van der Waals surface area (Å²) in [6.45, 7) is 2.28. The molecule has 0 spiro atoms. The molecule has 88 valence electrons. The SMILES string of the molecule is CCCOC(=O)C1=CC(=O)N=C2C=CC=CC12. The average molecular weight is 231 g/mol. The van der Waals surface area contributed by atoms with Gasteiger partial charge in [-0.15, -0.1) is 0 Å². The topological polar surface area (TPSA) is 55.7 Å². The number of hydrogen-bond acceptors (Lipinski definition) is 3. The van der Waals surface area contributed by atoms with Crippen LogP contribution in [0.25, 0.3) is 0 Å². The summed E-state index contributed by atoms with van der Waals surface area (Å²) in [6.07, 6.45) is 9.22. The van der Waals surface area contributed by atoms with Crippen molar-refractivity contribution in [3.05, 3.63) is 36.0 Å². The molecule has 1 atom stereocenters. The summed E-state index contributed by atoms with van der Waals surface area (Å²) < 4.78 is 5.06. The first-order chi connectivity index (χ1) is 8.22. The zero-order valence-electron chi connectivity index (χ0n) is 9.55. The standard InChI is InChI=1S/C13H13NO3/c1-2-7-17-13(16)10-8-12(15)14-11-6-4-3-5-9(10)11/h3-6,8-9H,2,7H2,1H3.